The van der Waals surface area contributed by atoms with Crippen LogP contribution in [-0.4, -0.2) is 38.1 Å². The highest BCUT2D eigenvalue weighted by Crippen LogP contribution is 2.31. The Bertz CT molecular complexity index is 1210. The minimum Gasteiger partial charge on any atom is -0.493 e. The Morgan fingerprint density at radius 2 is 1.71 bits per heavy atom. The van der Waals surface area contributed by atoms with Gasteiger partial charge in [0.15, 0.2) is 0 Å². The molecule has 0 spiro atoms. The molecule has 1 fully saturated rings. The average Bonchev–Trinajstić information content (AvgIpc) is 2.84. The summed E-state index contributed by atoms with van der Waals surface area (Å²) in [5.41, 5.74) is 2.74. The molecule has 2 heterocycles. The van der Waals surface area contributed by atoms with Crippen LogP contribution >= 0.6 is 0 Å². The van der Waals surface area contributed by atoms with E-state index in [1.165, 1.54) is 0 Å². The monoisotopic (exact) mass is 483 g/mol. The third-order valence-electron chi connectivity index (χ3n) is 6.26. The second-order valence-electron chi connectivity index (χ2n) is 8.90. The lowest BCUT2D eigenvalue weighted by Gasteiger charge is -2.22. The molecule has 0 N–H and O–H groups in total. The van der Waals surface area contributed by atoms with Gasteiger partial charge >= 0.3 is 0 Å². The fourth-order valence-electron chi connectivity index (χ4n) is 4.10. The van der Waals surface area contributed by atoms with Gasteiger partial charge in [0.05, 0.1) is 35.9 Å². The zero-order chi connectivity index (χ0) is 24.0. The smallest absolute Gasteiger partial charge is 0.150 e. The van der Waals surface area contributed by atoms with Crippen molar-refractivity contribution in [1.82, 2.24) is 4.98 Å². The molecule has 1 aliphatic heterocycles. The molecule has 0 atom stereocenters. The molecular formula is C27H33NO5S. The number of para-hydroxylation sites is 1. The molecule has 0 saturated carbocycles. The number of unbranched alkanes of at least 4 members (excludes halogenated alkanes) is 1. The summed E-state index contributed by atoms with van der Waals surface area (Å²) < 4.78 is 41.4. The second-order valence-corrected chi connectivity index (χ2v) is 11.2. The van der Waals surface area contributed by atoms with Crippen molar-refractivity contribution in [2.75, 3.05) is 24.7 Å². The molecule has 1 aromatic heterocycles. The summed E-state index contributed by atoms with van der Waals surface area (Å²) in [5, 5.41) is 1.02. The number of benzene rings is 2. The molecule has 34 heavy (non-hydrogen) atoms. The van der Waals surface area contributed by atoms with E-state index in [0.717, 1.165) is 46.5 Å². The van der Waals surface area contributed by atoms with E-state index in [0.29, 0.717) is 38.4 Å². The maximum atomic E-state index is 11.6. The Balaban J connectivity index is 1.42. The standard InChI is InChI=1S/C27H33NO5S/c1-3-4-14-31-27-20(2)26(28-25-11-6-5-10-24(25)27)19-33-23-9-7-8-22(17-23)32-18-21-12-15-34(29,30)16-13-21/h5-11,17,21H,3-4,12-16,18-19H2,1-2H3. The zero-order valence-corrected chi connectivity index (χ0v) is 20.8. The van der Waals surface area contributed by atoms with Gasteiger partial charge in [-0.05, 0) is 56.4 Å². The first-order chi connectivity index (χ1) is 16.4. The predicted molar refractivity (Wildman–Crippen MR) is 135 cm³/mol. The van der Waals surface area contributed by atoms with Crippen LogP contribution in [0.1, 0.15) is 43.9 Å². The lowest BCUT2D eigenvalue weighted by molar-refractivity contribution is 0.235. The normalized spacial score (nSPS) is 15.8. The maximum absolute atomic E-state index is 11.6. The zero-order valence-electron chi connectivity index (χ0n) is 20.0. The Kier molecular flexibility index (Phi) is 7.93. The van der Waals surface area contributed by atoms with Crippen LogP contribution in [0.3, 0.4) is 0 Å². The van der Waals surface area contributed by atoms with Crippen molar-refractivity contribution in [3.05, 3.63) is 59.8 Å². The number of nitrogens with zero attached hydrogens (tertiary/aromatic N) is 1. The van der Waals surface area contributed by atoms with E-state index in [9.17, 15) is 8.42 Å². The van der Waals surface area contributed by atoms with Gasteiger partial charge in [0.2, 0.25) is 0 Å². The van der Waals surface area contributed by atoms with Crippen LogP contribution in [-0.2, 0) is 16.4 Å². The van der Waals surface area contributed by atoms with E-state index in [-0.39, 0.29) is 17.4 Å². The third kappa shape index (κ3) is 6.20. The first-order valence-electron chi connectivity index (χ1n) is 12.0. The number of aromatic nitrogens is 1. The van der Waals surface area contributed by atoms with Gasteiger partial charge in [0.1, 0.15) is 33.7 Å². The molecule has 4 rings (SSSR count). The summed E-state index contributed by atoms with van der Waals surface area (Å²) in [6.45, 7) is 5.70. The van der Waals surface area contributed by atoms with E-state index in [4.69, 9.17) is 19.2 Å². The molecule has 1 saturated heterocycles. The molecular weight excluding hydrogens is 450 g/mol. The van der Waals surface area contributed by atoms with E-state index < -0.39 is 9.84 Å². The first kappa shape index (κ1) is 24.3. The van der Waals surface area contributed by atoms with Crippen molar-refractivity contribution < 1.29 is 22.6 Å². The molecule has 2 aromatic carbocycles. The molecule has 0 bridgehead atoms. The highest BCUT2D eigenvalue weighted by molar-refractivity contribution is 7.91. The van der Waals surface area contributed by atoms with Gasteiger partial charge in [-0.2, -0.15) is 0 Å². The fraction of sp³-hybridized carbons (Fsp3) is 0.444. The van der Waals surface area contributed by atoms with Crippen molar-refractivity contribution in [2.24, 2.45) is 5.92 Å². The van der Waals surface area contributed by atoms with Gasteiger partial charge < -0.3 is 14.2 Å². The van der Waals surface area contributed by atoms with Crippen LogP contribution in [0.5, 0.6) is 17.2 Å². The molecule has 0 radical (unpaired) electrons. The SMILES string of the molecule is CCCCOc1c(C)c(COc2cccc(OCC3CCS(=O)(=O)CC3)c2)nc2ccccc12. The Morgan fingerprint density at radius 3 is 2.47 bits per heavy atom. The van der Waals surface area contributed by atoms with Crippen molar-refractivity contribution in [3.63, 3.8) is 0 Å². The van der Waals surface area contributed by atoms with Gasteiger partial charge in [-0.1, -0.05) is 31.5 Å². The molecule has 3 aromatic rings. The van der Waals surface area contributed by atoms with Crippen molar-refractivity contribution in [1.29, 1.82) is 0 Å². The highest BCUT2D eigenvalue weighted by atomic mass is 32.2. The lowest BCUT2D eigenvalue weighted by Crippen LogP contribution is -2.26. The number of fused-ring (bicyclic) bond motifs is 1. The van der Waals surface area contributed by atoms with Gasteiger partial charge in [0, 0.05) is 17.0 Å². The molecule has 6 nitrogen and oxygen atoms in total. The highest BCUT2D eigenvalue weighted by Gasteiger charge is 2.24. The maximum Gasteiger partial charge on any atom is 0.150 e. The summed E-state index contributed by atoms with van der Waals surface area (Å²) in [7, 11) is -2.86. The largest absolute Gasteiger partial charge is 0.493 e. The molecule has 182 valence electrons. The van der Waals surface area contributed by atoms with Gasteiger partial charge in [-0.3, -0.25) is 0 Å². The van der Waals surface area contributed by atoms with Crippen LogP contribution in [0.25, 0.3) is 10.9 Å². The van der Waals surface area contributed by atoms with Crippen molar-refractivity contribution in [2.45, 2.75) is 46.1 Å². The van der Waals surface area contributed by atoms with Crippen LogP contribution in [0.4, 0.5) is 0 Å². The van der Waals surface area contributed by atoms with Crippen LogP contribution in [0.15, 0.2) is 48.5 Å². The quantitative estimate of drug-likeness (QED) is 0.354. The minimum absolute atomic E-state index is 0.256. The average molecular weight is 484 g/mol. The summed E-state index contributed by atoms with van der Waals surface area (Å²) in [4.78, 5) is 4.83. The summed E-state index contributed by atoms with van der Waals surface area (Å²) in [6.07, 6.45) is 3.41. The van der Waals surface area contributed by atoms with Crippen molar-refractivity contribution >= 4 is 20.7 Å². The van der Waals surface area contributed by atoms with E-state index >= 15 is 0 Å². The van der Waals surface area contributed by atoms with E-state index in [1.54, 1.807) is 0 Å². The lowest BCUT2D eigenvalue weighted by atomic mass is 10.0. The fourth-order valence-corrected chi connectivity index (χ4v) is 5.68. The van der Waals surface area contributed by atoms with E-state index in [1.807, 2.05) is 55.5 Å². The van der Waals surface area contributed by atoms with Crippen LogP contribution < -0.4 is 14.2 Å². The van der Waals surface area contributed by atoms with Gasteiger partial charge in [-0.15, -0.1) is 0 Å². The third-order valence-corrected chi connectivity index (χ3v) is 7.98. The number of ether oxygens (including phenoxy) is 3. The summed E-state index contributed by atoms with van der Waals surface area (Å²) >= 11 is 0. The molecule has 0 amide bonds. The molecule has 7 heteroatoms. The Morgan fingerprint density at radius 1 is 0.971 bits per heavy atom. The summed E-state index contributed by atoms with van der Waals surface area (Å²) in [5.74, 6) is 3.08. The number of sulfone groups is 1. The Labute approximate surface area is 202 Å². The molecule has 0 aliphatic carbocycles. The molecule has 1 aliphatic rings. The van der Waals surface area contributed by atoms with E-state index in [2.05, 4.69) is 6.92 Å². The first-order valence-corrected chi connectivity index (χ1v) is 13.8. The minimum atomic E-state index is -2.86. The number of hydrogen-bond acceptors (Lipinski definition) is 6. The van der Waals surface area contributed by atoms with Gasteiger partial charge in [-0.25, -0.2) is 13.4 Å². The van der Waals surface area contributed by atoms with Crippen LogP contribution in [0.2, 0.25) is 0 Å². The van der Waals surface area contributed by atoms with Gasteiger partial charge in [0.25, 0.3) is 0 Å². The predicted octanol–water partition coefficient (Wildman–Crippen LogP) is 5.50. The second kappa shape index (κ2) is 11.1. The number of pyridine rings is 1. The summed E-state index contributed by atoms with van der Waals surface area (Å²) in [6, 6.07) is 15.6. The number of hydrogen-bond donors (Lipinski definition) is 0. The van der Waals surface area contributed by atoms with Crippen molar-refractivity contribution in [3.8, 4) is 17.2 Å². The van der Waals surface area contributed by atoms with Crippen LogP contribution in [0, 0.1) is 12.8 Å². The topological polar surface area (TPSA) is 74.7 Å². The number of rotatable bonds is 10. The molecule has 0 unspecified atom stereocenters. The Hall–Kier alpha value is -2.80.